The average Bonchev–Trinajstić information content (AvgIpc) is 2.29. The molecule has 0 aliphatic carbocycles. The van der Waals surface area contributed by atoms with Gasteiger partial charge >= 0.3 is 0 Å². The van der Waals surface area contributed by atoms with Crippen molar-refractivity contribution in [3.05, 3.63) is 28.2 Å². The standard InChI is InChI=1S/C13H18BrNO2/c1-4-9(3)15(5-2)13(17)11-7-6-10(14)8-12(11)16/h6-9,16H,4-5H2,1-3H3. The van der Waals surface area contributed by atoms with Crippen LogP contribution in [-0.4, -0.2) is 28.5 Å². The van der Waals surface area contributed by atoms with E-state index in [0.29, 0.717) is 12.1 Å². The lowest BCUT2D eigenvalue weighted by molar-refractivity contribution is 0.0697. The first-order chi connectivity index (χ1) is 8.01. The van der Waals surface area contributed by atoms with Gasteiger partial charge in [-0.2, -0.15) is 0 Å². The minimum atomic E-state index is -0.119. The van der Waals surface area contributed by atoms with Crippen LogP contribution in [0.5, 0.6) is 5.75 Å². The molecular weight excluding hydrogens is 282 g/mol. The smallest absolute Gasteiger partial charge is 0.257 e. The average molecular weight is 300 g/mol. The van der Waals surface area contributed by atoms with Crippen LogP contribution in [0.15, 0.2) is 22.7 Å². The predicted molar refractivity (Wildman–Crippen MR) is 72.3 cm³/mol. The Morgan fingerprint density at radius 2 is 2.12 bits per heavy atom. The SMILES string of the molecule is CCC(C)N(CC)C(=O)c1ccc(Br)cc1O. The molecule has 1 aromatic carbocycles. The summed E-state index contributed by atoms with van der Waals surface area (Å²) in [7, 11) is 0. The fourth-order valence-electron chi connectivity index (χ4n) is 1.72. The molecule has 1 N–H and O–H groups in total. The highest BCUT2D eigenvalue weighted by Crippen LogP contribution is 2.24. The molecule has 1 rings (SSSR count). The zero-order valence-corrected chi connectivity index (χ0v) is 12.0. The van der Waals surface area contributed by atoms with Crippen LogP contribution in [0, 0.1) is 0 Å². The van der Waals surface area contributed by atoms with Crippen molar-refractivity contribution in [2.24, 2.45) is 0 Å². The van der Waals surface area contributed by atoms with Crippen LogP contribution in [0.1, 0.15) is 37.6 Å². The maximum absolute atomic E-state index is 12.3. The molecule has 0 saturated heterocycles. The molecule has 0 radical (unpaired) electrons. The highest BCUT2D eigenvalue weighted by molar-refractivity contribution is 9.10. The number of halogens is 1. The molecule has 4 heteroatoms. The zero-order valence-electron chi connectivity index (χ0n) is 10.4. The van der Waals surface area contributed by atoms with Crippen molar-refractivity contribution < 1.29 is 9.90 Å². The molecule has 0 aromatic heterocycles. The Morgan fingerprint density at radius 3 is 2.59 bits per heavy atom. The maximum Gasteiger partial charge on any atom is 0.257 e. The lowest BCUT2D eigenvalue weighted by atomic mass is 10.1. The molecule has 1 atom stereocenters. The van der Waals surface area contributed by atoms with Gasteiger partial charge in [-0.25, -0.2) is 0 Å². The highest BCUT2D eigenvalue weighted by Gasteiger charge is 2.21. The van der Waals surface area contributed by atoms with Gasteiger partial charge in [0.05, 0.1) is 5.56 Å². The summed E-state index contributed by atoms with van der Waals surface area (Å²) in [6, 6.07) is 5.12. The van der Waals surface area contributed by atoms with E-state index in [1.807, 2.05) is 20.8 Å². The first kappa shape index (κ1) is 14.0. The van der Waals surface area contributed by atoms with E-state index in [-0.39, 0.29) is 17.7 Å². The third-order valence-corrected chi connectivity index (χ3v) is 3.41. The summed E-state index contributed by atoms with van der Waals surface area (Å²) in [5, 5.41) is 9.78. The first-order valence-electron chi connectivity index (χ1n) is 5.80. The van der Waals surface area contributed by atoms with E-state index in [2.05, 4.69) is 15.9 Å². The van der Waals surface area contributed by atoms with Crippen LogP contribution in [0.25, 0.3) is 0 Å². The third kappa shape index (κ3) is 3.22. The molecule has 1 aromatic rings. The van der Waals surface area contributed by atoms with E-state index >= 15 is 0 Å². The molecule has 0 fully saturated rings. The molecule has 0 aliphatic heterocycles. The predicted octanol–water partition coefficient (Wildman–Crippen LogP) is 3.42. The van der Waals surface area contributed by atoms with E-state index in [9.17, 15) is 9.90 Å². The van der Waals surface area contributed by atoms with Crippen LogP contribution in [-0.2, 0) is 0 Å². The summed E-state index contributed by atoms with van der Waals surface area (Å²) < 4.78 is 0.762. The normalized spacial score (nSPS) is 12.2. The first-order valence-corrected chi connectivity index (χ1v) is 6.60. The summed E-state index contributed by atoms with van der Waals surface area (Å²) >= 11 is 3.26. The number of rotatable bonds is 4. The monoisotopic (exact) mass is 299 g/mol. The Hall–Kier alpha value is -1.03. The van der Waals surface area contributed by atoms with Crippen molar-refractivity contribution in [1.82, 2.24) is 4.90 Å². The van der Waals surface area contributed by atoms with Gasteiger partial charge in [-0.05, 0) is 38.5 Å². The molecule has 94 valence electrons. The van der Waals surface area contributed by atoms with E-state index in [4.69, 9.17) is 0 Å². The number of benzene rings is 1. The van der Waals surface area contributed by atoms with E-state index in [1.54, 1.807) is 17.0 Å². The van der Waals surface area contributed by atoms with Crippen molar-refractivity contribution in [3.8, 4) is 5.75 Å². The number of hydrogen-bond donors (Lipinski definition) is 1. The van der Waals surface area contributed by atoms with E-state index < -0.39 is 0 Å². The second-order valence-electron chi connectivity index (χ2n) is 4.01. The third-order valence-electron chi connectivity index (χ3n) is 2.91. The van der Waals surface area contributed by atoms with Gasteiger partial charge in [-0.15, -0.1) is 0 Å². The molecule has 0 saturated carbocycles. The van der Waals surface area contributed by atoms with Crippen LogP contribution in [0.4, 0.5) is 0 Å². The van der Waals surface area contributed by atoms with Gasteiger partial charge in [-0.3, -0.25) is 4.79 Å². The number of hydrogen-bond acceptors (Lipinski definition) is 2. The van der Waals surface area contributed by atoms with Crippen LogP contribution < -0.4 is 0 Å². The molecular formula is C13H18BrNO2. The van der Waals surface area contributed by atoms with E-state index in [0.717, 1.165) is 10.9 Å². The molecule has 0 spiro atoms. The van der Waals surface area contributed by atoms with Crippen LogP contribution >= 0.6 is 15.9 Å². The van der Waals surface area contributed by atoms with Gasteiger partial charge in [-0.1, -0.05) is 22.9 Å². The number of carbonyl (C=O) groups excluding carboxylic acids is 1. The van der Waals surface area contributed by atoms with Gasteiger partial charge in [0.1, 0.15) is 5.75 Å². The molecule has 1 unspecified atom stereocenters. The Labute approximate surface area is 111 Å². The number of carbonyl (C=O) groups is 1. The van der Waals surface area contributed by atoms with Gasteiger partial charge in [0.15, 0.2) is 0 Å². The van der Waals surface area contributed by atoms with Gasteiger partial charge in [0, 0.05) is 17.1 Å². The molecule has 0 aliphatic rings. The summed E-state index contributed by atoms with van der Waals surface area (Å²) in [5.74, 6) is -0.0991. The minimum absolute atomic E-state index is 0.0196. The molecule has 17 heavy (non-hydrogen) atoms. The number of amides is 1. The molecule has 3 nitrogen and oxygen atoms in total. The maximum atomic E-state index is 12.3. The Bertz CT molecular complexity index is 406. The minimum Gasteiger partial charge on any atom is -0.507 e. The van der Waals surface area contributed by atoms with Crippen molar-refractivity contribution in [2.45, 2.75) is 33.2 Å². The summed E-state index contributed by atoms with van der Waals surface area (Å²) in [5.41, 5.74) is 0.357. The highest BCUT2D eigenvalue weighted by atomic mass is 79.9. The molecule has 1 amide bonds. The second-order valence-corrected chi connectivity index (χ2v) is 4.93. The van der Waals surface area contributed by atoms with Crippen molar-refractivity contribution in [2.75, 3.05) is 6.54 Å². The quantitative estimate of drug-likeness (QED) is 0.925. The Morgan fingerprint density at radius 1 is 1.47 bits per heavy atom. The van der Waals surface area contributed by atoms with Crippen LogP contribution in [0.3, 0.4) is 0 Å². The largest absolute Gasteiger partial charge is 0.507 e. The summed E-state index contributed by atoms with van der Waals surface area (Å²) in [6.07, 6.45) is 0.900. The van der Waals surface area contributed by atoms with E-state index in [1.165, 1.54) is 6.07 Å². The number of phenols is 1. The van der Waals surface area contributed by atoms with Gasteiger partial charge in [0.25, 0.3) is 5.91 Å². The van der Waals surface area contributed by atoms with Gasteiger partial charge < -0.3 is 10.0 Å². The Balaban J connectivity index is 3.02. The van der Waals surface area contributed by atoms with Gasteiger partial charge in [0.2, 0.25) is 0 Å². The molecule has 0 bridgehead atoms. The topological polar surface area (TPSA) is 40.5 Å². The second kappa shape index (κ2) is 6.05. The summed E-state index contributed by atoms with van der Waals surface area (Å²) in [6.45, 7) is 6.64. The lowest BCUT2D eigenvalue weighted by Gasteiger charge is -2.27. The van der Waals surface area contributed by atoms with Crippen molar-refractivity contribution >= 4 is 21.8 Å². The zero-order chi connectivity index (χ0) is 13.0. The Kier molecular flexibility index (Phi) is 5.00. The number of nitrogens with zero attached hydrogens (tertiary/aromatic N) is 1. The lowest BCUT2D eigenvalue weighted by Crippen LogP contribution is -2.38. The number of aromatic hydroxyl groups is 1. The summed E-state index contributed by atoms with van der Waals surface area (Å²) in [4.78, 5) is 14.0. The fourth-order valence-corrected chi connectivity index (χ4v) is 2.07. The van der Waals surface area contributed by atoms with Crippen molar-refractivity contribution in [3.63, 3.8) is 0 Å². The van der Waals surface area contributed by atoms with Crippen molar-refractivity contribution in [1.29, 1.82) is 0 Å². The van der Waals surface area contributed by atoms with Crippen LogP contribution in [0.2, 0.25) is 0 Å². The fraction of sp³-hybridized carbons (Fsp3) is 0.462. The molecule has 0 heterocycles. The number of phenolic OH excluding ortho intramolecular Hbond substituents is 1.